The van der Waals surface area contributed by atoms with Gasteiger partial charge in [0.05, 0.1) is 13.2 Å². The first-order valence-electron chi connectivity index (χ1n) is 8.85. The minimum absolute atomic E-state index is 0.0999. The van der Waals surface area contributed by atoms with E-state index in [-0.39, 0.29) is 12.5 Å². The molecule has 0 aliphatic carbocycles. The fraction of sp³-hybridized carbons (Fsp3) is 0.529. The third kappa shape index (κ3) is 4.67. The van der Waals surface area contributed by atoms with Crippen LogP contribution in [0.5, 0.6) is 0 Å². The van der Waals surface area contributed by atoms with Crippen molar-refractivity contribution in [3.05, 3.63) is 34.5 Å². The van der Waals surface area contributed by atoms with Crippen molar-refractivity contribution in [2.24, 2.45) is 0 Å². The van der Waals surface area contributed by atoms with E-state index in [1.807, 2.05) is 12.1 Å². The normalized spacial score (nSPS) is 14.4. The van der Waals surface area contributed by atoms with E-state index in [0.29, 0.717) is 11.3 Å². The predicted octanol–water partition coefficient (Wildman–Crippen LogP) is 1.44. The highest BCUT2D eigenvalue weighted by atomic mass is 32.1. The lowest BCUT2D eigenvalue weighted by Gasteiger charge is -2.27. The Morgan fingerprint density at radius 1 is 1.38 bits per heavy atom. The monoisotopic (exact) mass is 376 g/mol. The Balaban J connectivity index is 1.53. The molecule has 3 heterocycles. The molecule has 26 heavy (non-hydrogen) atoms. The van der Waals surface area contributed by atoms with Gasteiger partial charge in [-0.1, -0.05) is 13.0 Å². The molecule has 0 unspecified atom stereocenters. The minimum Gasteiger partial charge on any atom is -0.378 e. The second-order valence-corrected chi connectivity index (χ2v) is 6.57. The Morgan fingerprint density at radius 3 is 2.88 bits per heavy atom. The average Bonchev–Trinajstić information content (AvgIpc) is 3.01. The van der Waals surface area contributed by atoms with Gasteiger partial charge in [-0.2, -0.15) is 5.10 Å². The number of ether oxygens (including phenoxy) is 1. The number of morpholine rings is 1. The third-order valence-electron chi connectivity index (χ3n) is 4.25. The van der Waals surface area contributed by atoms with Crippen LogP contribution in [0.15, 0.2) is 18.3 Å². The minimum atomic E-state index is -0.0999. The quantitative estimate of drug-likeness (QED) is 0.711. The number of nitrogens with one attached hydrogen (secondary N) is 2. The molecule has 0 aromatic carbocycles. The zero-order chi connectivity index (χ0) is 18.4. The summed E-state index contributed by atoms with van der Waals surface area (Å²) in [5.41, 5.74) is 0.958. The van der Waals surface area contributed by atoms with Crippen LogP contribution in [0.25, 0.3) is 0 Å². The first-order valence-corrected chi connectivity index (χ1v) is 9.26. The van der Waals surface area contributed by atoms with Gasteiger partial charge in [-0.05, 0) is 30.3 Å². The number of aromatic amines is 1. The van der Waals surface area contributed by atoms with Crippen molar-refractivity contribution >= 4 is 23.9 Å². The summed E-state index contributed by atoms with van der Waals surface area (Å²) in [5.74, 6) is 1.65. The fourth-order valence-corrected chi connectivity index (χ4v) is 3.04. The molecule has 1 aliphatic rings. The molecular formula is C17H24N6O2S. The van der Waals surface area contributed by atoms with Crippen LogP contribution in [-0.4, -0.2) is 52.0 Å². The van der Waals surface area contributed by atoms with Gasteiger partial charge in [-0.3, -0.25) is 14.5 Å². The highest BCUT2D eigenvalue weighted by molar-refractivity contribution is 7.71. The van der Waals surface area contributed by atoms with Crippen LogP contribution in [-0.2, 0) is 29.0 Å². The van der Waals surface area contributed by atoms with E-state index in [9.17, 15) is 4.79 Å². The summed E-state index contributed by atoms with van der Waals surface area (Å²) in [6, 6.07) is 3.97. The van der Waals surface area contributed by atoms with Crippen LogP contribution < -0.4 is 10.2 Å². The molecule has 3 rings (SSSR count). The van der Waals surface area contributed by atoms with Crippen molar-refractivity contribution in [1.82, 2.24) is 25.1 Å². The Bertz CT molecular complexity index is 779. The smallest absolute Gasteiger partial charge is 0.240 e. The third-order valence-corrected chi connectivity index (χ3v) is 4.56. The zero-order valence-corrected chi connectivity index (χ0v) is 15.7. The number of rotatable bonds is 7. The Labute approximate surface area is 157 Å². The Kier molecular flexibility index (Phi) is 6.35. The molecule has 1 saturated heterocycles. The number of aromatic nitrogens is 4. The summed E-state index contributed by atoms with van der Waals surface area (Å²) in [5, 5.41) is 9.84. The predicted molar refractivity (Wildman–Crippen MR) is 101 cm³/mol. The highest BCUT2D eigenvalue weighted by Gasteiger charge is 2.13. The lowest BCUT2D eigenvalue weighted by Crippen LogP contribution is -2.36. The molecule has 0 saturated carbocycles. The van der Waals surface area contributed by atoms with Gasteiger partial charge in [0.15, 0.2) is 4.77 Å². The summed E-state index contributed by atoms with van der Waals surface area (Å²) in [6.07, 6.45) is 3.53. The van der Waals surface area contributed by atoms with E-state index in [1.165, 1.54) is 0 Å². The molecule has 2 aromatic rings. The number of aryl methyl sites for hydroxylation is 1. The molecule has 1 fully saturated rings. The van der Waals surface area contributed by atoms with Crippen LogP contribution in [0.4, 0.5) is 5.82 Å². The van der Waals surface area contributed by atoms with E-state index in [1.54, 1.807) is 10.8 Å². The summed E-state index contributed by atoms with van der Waals surface area (Å²) in [7, 11) is 0. The van der Waals surface area contributed by atoms with E-state index in [2.05, 4.69) is 32.3 Å². The van der Waals surface area contributed by atoms with Gasteiger partial charge in [-0.25, -0.2) is 4.98 Å². The van der Waals surface area contributed by atoms with Gasteiger partial charge in [-0.15, -0.1) is 0 Å². The average molecular weight is 376 g/mol. The molecule has 8 nitrogen and oxygen atoms in total. The molecule has 2 aromatic heterocycles. The highest BCUT2D eigenvalue weighted by Crippen LogP contribution is 2.13. The van der Waals surface area contributed by atoms with Crippen molar-refractivity contribution in [1.29, 1.82) is 0 Å². The number of amides is 1. The summed E-state index contributed by atoms with van der Waals surface area (Å²) in [6.45, 7) is 5.85. The standard InChI is InChI=1S/C17H24N6O2S/c1-2-3-15-20-21-17(26)23(15)12-16(24)19-11-13-4-5-14(18-10-13)22-6-8-25-9-7-22/h4-5,10H,2-3,6-9,11-12H2,1H3,(H,19,24)(H,21,26). The number of carbonyl (C=O) groups excluding carboxylic acids is 1. The maximum absolute atomic E-state index is 12.2. The van der Waals surface area contributed by atoms with Crippen LogP contribution in [0.2, 0.25) is 0 Å². The molecule has 140 valence electrons. The second-order valence-electron chi connectivity index (χ2n) is 6.18. The van der Waals surface area contributed by atoms with E-state index in [0.717, 1.165) is 56.4 Å². The van der Waals surface area contributed by atoms with Crippen LogP contribution in [0.1, 0.15) is 24.7 Å². The summed E-state index contributed by atoms with van der Waals surface area (Å²) in [4.78, 5) is 18.9. The van der Waals surface area contributed by atoms with Crippen molar-refractivity contribution < 1.29 is 9.53 Å². The molecule has 0 bridgehead atoms. The van der Waals surface area contributed by atoms with E-state index >= 15 is 0 Å². The molecule has 0 spiro atoms. The lowest BCUT2D eigenvalue weighted by atomic mass is 10.2. The first-order chi connectivity index (χ1) is 12.7. The zero-order valence-electron chi connectivity index (χ0n) is 14.9. The number of anilines is 1. The summed E-state index contributed by atoms with van der Waals surface area (Å²) < 4.78 is 7.57. The van der Waals surface area contributed by atoms with Gasteiger partial charge in [0, 0.05) is 32.3 Å². The van der Waals surface area contributed by atoms with Crippen LogP contribution >= 0.6 is 12.2 Å². The summed E-state index contributed by atoms with van der Waals surface area (Å²) >= 11 is 5.20. The van der Waals surface area contributed by atoms with Crippen molar-refractivity contribution in [3.63, 3.8) is 0 Å². The van der Waals surface area contributed by atoms with Gasteiger partial charge >= 0.3 is 0 Å². The Hall–Kier alpha value is -2.26. The van der Waals surface area contributed by atoms with Gasteiger partial charge in [0.1, 0.15) is 18.2 Å². The Morgan fingerprint density at radius 2 is 2.19 bits per heavy atom. The first kappa shape index (κ1) is 18.5. The van der Waals surface area contributed by atoms with E-state index in [4.69, 9.17) is 17.0 Å². The largest absolute Gasteiger partial charge is 0.378 e. The lowest BCUT2D eigenvalue weighted by molar-refractivity contribution is -0.121. The maximum Gasteiger partial charge on any atom is 0.240 e. The SMILES string of the molecule is CCCc1n[nH]c(=S)n1CC(=O)NCc1ccc(N2CCOCC2)nc1. The number of carbonyl (C=O) groups is 1. The van der Waals surface area contributed by atoms with Gasteiger partial charge < -0.3 is 15.0 Å². The van der Waals surface area contributed by atoms with Crippen LogP contribution in [0, 0.1) is 4.77 Å². The number of pyridine rings is 1. The molecule has 0 atom stereocenters. The molecule has 1 aliphatic heterocycles. The molecule has 2 N–H and O–H groups in total. The topological polar surface area (TPSA) is 88.1 Å². The maximum atomic E-state index is 12.2. The van der Waals surface area contributed by atoms with Gasteiger partial charge in [0.2, 0.25) is 5.91 Å². The second kappa shape index (κ2) is 8.91. The molecule has 9 heteroatoms. The number of hydrogen-bond donors (Lipinski definition) is 2. The van der Waals surface area contributed by atoms with Crippen molar-refractivity contribution in [2.75, 3.05) is 31.2 Å². The molecule has 1 amide bonds. The number of H-pyrrole nitrogens is 1. The van der Waals surface area contributed by atoms with E-state index < -0.39 is 0 Å². The number of nitrogens with zero attached hydrogens (tertiary/aromatic N) is 4. The van der Waals surface area contributed by atoms with Gasteiger partial charge in [0.25, 0.3) is 0 Å². The molecular weight excluding hydrogens is 352 g/mol. The number of hydrogen-bond acceptors (Lipinski definition) is 6. The molecule has 0 radical (unpaired) electrons. The van der Waals surface area contributed by atoms with Crippen molar-refractivity contribution in [3.8, 4) is 0 Å². The van der Waals surface area contributed by atoms with Crippen LogP contribution in [0.3, 0.4) is 0 Å². The fourth-order valence-electron chi connectivity index (χ4n) is 2.83. The van der Waals surface area contributed by atoms with Crippen molar-refractivity contribution in [2.45, 2.75) is 32.9 Å².